The molecule has 8 heteroatoms. The first-order valence-corrected chi connectivity index (χ1v) is 6.46. The minimum Gasteiger partial charge on any atom is -0.479 e. The number of morpholine rings is 1. The molecule has 1 N–H and O–H groups in total. The van der Waals surface area contributed by atoms with Crippen LogP contribution in [0.25, 0.3) is 10.4 Å². The average molecular weight is 280 g/mol. The third kappa shape index (κ3) is 3.28. The Balaban J connectivity index is 1.98. The molecule has 1 aliphatic heterocycles. The van der Waals surface area contributed by atoms with Crippen LogP contribution in [-0.2, 0) is 14.3 Å². The number of allylic oxidation sites excluding steroid dienone is 1. The Labute approximate surface area is 115 Å². The van der Waals surface area contributed by atoms with E-state index in [1.165, 1.54) is 4.90 Å². The van der Waals surface area contributed by atoms with Gasteiger partial charge >= 0.3 is 5.97 Å². The van der Waals surface area contributed by atoms with Crippen LogP contribution in [0.4, 0.5) is 0 Å². The number of rotatable bonds is 3. The minimum absolute atomic E-state index is 0.0700. The SMILES string of the molecule is [N-]=[N+]=NC1C=CCC(C(=O)N2CCOC(C(=O)O)C2)C1. The molecular formula is C12H16N4O4. The summed E-state index contributed by atoms with van der Waals surface area (Å²) in [6.45, 7) is 0.695. The molecule has 0 bridgehead atoms. The van der Waals surface area contributed by atoms with Gasteiger partial charge in [-0.1, -0.05) is 17.3 Å². The Morgan fingerprint density at radius 2 is 2.30 bits per heavy atom. The van der Waals surface area contributed by atoms with Crippen molar-refractivity contribution < 1.29 is 19.4 Å². The highest BCUT2D eigenvalue weighted by molar-refractivity contribution is 5.81. The normalized spacial score (nSPS) is 29.6. The zero-order valence-electron chi connectivity index (χ0n) is 10.9. The van der Waals surface area contributed by atoms with Crippen molar-refractivity contribution in [3.63, 3.8) is 0 Å². The molecule has 1 saturated heterocycles. The van der Waals surface area contributed by atoms with E-state index in [1.807, 2.05) is 6.08 Å². The van der Waals surface area contributed by atoms with Crippen LogP contribution in [0.3, 0.4) is 0 Å². The molecule has 0 aromatic heterocycles. The maximum absolute atomic E-state index is 12.4. The Morgan fingerprint density at radius 3 is 3.00 bits per heavy atom. The van der Waals surface area contributed by atoms with Crippen LogP contribution in [0.5, 0.6) is 0 Å². The highest BCUT2D eigenvalue weighted by atomic mass is 16.5. The number of carbonyl (C=O) groups is 2. The van der Waals surface area contributed by atoms with Gasteiger partial charge in [0.05, 0.1) is 19.2 Å². The topological polar surface area (TPSA) is 116 Å². The van der Waals surface area contributed by atoms with Crippen molar-refractivity contribution in [2.24, 2.45) is 11.0 Å². The van der Waals surface area contributed by atoms with Gasteiger partial charge in [0.25, 0.3) is 0 Å². The quantitative estimate of drug-likeness (QED) is 0.358. The summed E-state index contributed by atoms with van der Waals surface area (Å²) in [5.74, 6) is -1.41. The van der Waals surface area contributed by atoms with E-state index in [4.69, 9.17) is 15.4 Å². The van der Waals surface area contributed by atoms with Crippen molar-refractivity contribution >= 4 is 11.9 Å². The second kappa shape index (κ2) is 6.40. The van der Waals surface area contributed by atoms with E-state index < -0.39 is 12.1 Å². The molecule has 108 valence electrons. The van der Waals surface area contributed by atoms with E-state index in [0.717, 1.165) is 0 Å². The largest absolute Gasteiger partial charge is 0.479 e. The highest BCUT2D eigenvalue weighted by Gasteiger charge is 2.33. The number of nitrogens with zero attached hydrogens (tertiary/aromatic N) is 4. The third-order valence-corrected chi connectivity index (χ3v) is 3.51. The van der Waals surface area contributed by atoms with Gasteiger partial charge in [0.2, 0.25) is 5.91 Å². The van der Waals surface area contributed by atoms with Crippen LogP contribution in [-0.4, -0.2) is 53.7 Å². The molecule has 0 spiro atoms. The van der Waals surface area contributed by atoms with Gasteiger partial charge < -0.3 is 14.7 Å². The number of amides is 1. The lowest BCUT2D eigenvalue weighted by Gasteiger charge is -2.34. The zero-order valence-corrected chi connectivity index (χ0v) is 10.9. The summed E-state index contributed by atoms with van der Waals surface area (Å²) in [5.41, 5.74) is 8.44. The van der Waals surface area contributed by atoms with Crippen molar-refractivity contribution in [3.05, 3.63) is 22.6 Å². The lowest BCUT2D eigenvalue weighted by Crippen LogP contribution is -2.50. The second-order valence-electron chi connectivity index (χ2n) is 4.85. The molecule has 0 aromatic rings. The fraction of sp³-hybridized carbons (Fsp3) is 0.667. The first-order valence-electron chi connectivity index (χ1n) is 6.46. The van der Waals surface area contributed by atoms with Crippen LogP contribution in [0.2, 0.25) is 0 Å². The summed E-state index contributed by atoms with van der Waals surface area (Å²) < 4.78 is 5.09. The summed E-state index contributed by atoms with van der Waals surface area (Å²) in [6.07, 6.45) is 3.73. The van der Waals surface area contributed by atoms with Crippen molar-refractivity contribution in [1.82, 2.24) is 4.90 Å². The first kappa shape index (κ1) is 14.4. The molecule has 3 unspecified atom stereocenters. The number of ether oxygens (including phenoxy) is 1. The standard InChI is InChI=1S/C12H16N4O4/c13-15-14-9-3-1-2-8(6-9)11(17)16-4-5-20-10(7-16)12(18)19/h1,3,8-10H,2,4-7H2,(H,18,19). The smallest absolute Gasteiger partial charge is 0.334 e. The van der Waals surface area contributed by atoms with Crippen LogP contribution in [0.15, 0.2) is 17.3 Å². The number of aliphatic carboxylic acids is 1. The molecule has 0 aromatic carbocycles. The monoisotopic (exact) mass is 280 g/mol. The molecule has 3 atom stereocenters. The van der Waals surface area contributed by atoms with Gasteiger partial charge in [0.1, 0.15) is 0 Å². The molecule has 1 heterocycles. The molecule has 0 saturated carbocycles. The van der Waals surface area contributed by atoms with Crippen LogP contribution < -0.4 is 0 Å². The predicted octanol–water partition coefficient (Wildman–Crippen LogP) is 0.944. The number of azide groups is 1. The summed E-state index contributed by atoms with van der Waals surface area (Å²) in [7, 11) is 0. The van der Waals surface area contributed by atoms with Gasteiger partial charge in [-0.25, -0.2) is 4.79 Å². The van der Waals surface area contributed by atoms with E-state index in [2.05, 4.69) is 10.0 Å². The molecule has 2 aliphatic rings. The van der Waals surface area contributed by atoms with Crippen molar-refractivity contribution in [1.29, 1.82) is 0 Å². The number of carboxylic acid groups (broad SMARTS) is 1. The highest BCUT2D eigenvalue weighted by Crippen LogP contribution is 2.24. The van der Waals surface area contributed by atoms with Crippen molar-refractivity contribution in [2.75, 3.05) is 19.7 Å². The Bertz CT molecular complexity index is 472. The molecule has 2 rings (SSSR count). The van der Waals surface area contributed by atoms with Crippen LogP contribution in [0.1, 0.15) is 12.8 Å². The molecule has 0 radical (unpaired) electrons. The fourth-order valence-electron chi connectivity index (χ4n) is 2.48. The summed E-state index contributed by atoms with van der Waals surface area (Å²) in [4.78, 5) is 27.6. The van der Waals surface area contributed by atoms with Crippen molar-refractivity contribution in [3.8, 4) is 0 Å². The summed E-state index contributed by atoms with van der Waals surface area (Å²) in [5, 5.41) is 12.5. The predicted molar refractivity (Wildman–Crippen MR) is 68.8 cm³/mol. The maximum Gasteiger partial charge on any atom is 0.334 e. The summed E-state index contributed by atoms with van der Waals surface area (Å²) >= 11 is 0. The van der Waals surface area contributed by atoms with Gasteiger partial charge in [0.15, 0.2) is 6.10 Å². The molecule has 20 heavy (non-hydrogen) atoms. The fourth-order valence-corrected chi connectivity index (χ4v) is 2.48. The van der Waals surface area contributed by atoms with Crippen LogP contribution >= 0.6 is 0 Å². The lowest BCUT2D eigenvalue weighted by molar-refractivity contribution is -0.160. The first-order chi connectivity index (χ1) is 9.61. The molecule has 1 aliphatic carbocycles. The number of carbonyl (C=O) groups excluding carboxylic acids is 1. The van der Waals surface area contributed by atoms with Gasteiger partial charge in [-0.2, -0.15) is 0 Å². The van der Waals surface area contributed by atoms with Gasteiger partial charge in [-0.05, 0) is 18.4 Å². The molecule has 8 nitrogen and oxygen atoms in total. The van der Waals surface area contributed by atoms with Crippen LogP contribution in [0, 0.1) is 5.92 Å². The Morgan fingerprint density at radius 1 is 1.50 bits per heavy atom. The number of carboxylic acids is 1. The lowest BCUT2D eigenvalue weighted by atomic mass is 9.90. The summed E-state index contributed by atoms with van der Waals surface area (Å²) in [6, 6.07) is -0.306. The Kier molecular flexibility index (Phi) is 4.60. The van der Waals surface area contributed by atoms with Crippen molar-refractivity contribution in [2.45, 2.75) is 25.0 Å². The van der Waals surface area contributed by atoms with E-state index in [-0.39, 0.29) is 31.0 Å². The maximum atomic E-state index is 12.4. The van der Waals surface area contributed by atoms with E-state index in [9.17, 15) is 9.59 Å². The molecular weight excluding hydrogens is 264 g/mol. The zero-order chi connectivity index (χ0) is 14.5. The number of hydrogen-bond acceptors (Lipinski definition) is 4. The number of hydrogen-bond donors (Lipinski definition) is 1. The average Bonchev–Trinajstić information content (AvgIpc) is 2.47. The van der Waals surface area contributed by atoms with Gasteiger partial charge in [-0.3, -0.25) is 4.79 Å². The van der Waals surface area contributed by atoms with Gasteiger partial charge in [0, 0.05) is 17.4 Å². The van der Waals surface area contributed by atoms with E-state index in [0.29, 0.717) is 19.4 Å². The minimum atomic E-state index is -1.06. The molecule has 1 amide bonds. The second-order valence-corrected chi connectivity index (χ2v) is 4.85. The molecule has 1 fully saturated rings. The van der Waals surface area contributed by atoms with E-state index in [1.54, 1.807) is 6.08 Å². The van der Waals surface area contributed by atoms with E-state index >= 15 is 0 Å². The van der Waals surface area contributed by atoms with Gasteiger partial charge in [-0.15, -0.1) is 0 Å². The third-order valence-electron chi connectivity index (χ3n) is 3.51. The Hall–Kier alpha value is -2.05.